The first-order chi connectivity index (χ1) is 8.66. The van der Waals surface area contributed by atoms with Gasteiger partial charge in [-0.25, -0.2) is 4.39 Å². The molecule has 18 heavy (non-hydrogen) atoms. The number of amides is 1. The number of hydrogen-bond donors (Lipinski definition) is 2. The molecule has 1 fully saturated rings. The van der Waals surface area contributed by atoms with E-state index in [4.69, 9.17) is 0 Å². The summed E-state index contributed by atoms with van der Waals surface area (Å²) in [5.41, 5.74) is 0.450. The Bertz CT molecular complexity index is 422. The lowest BCUT2D eigenvalue weighted by atomic mass is 9.94. The van der Waals surface area contributed by atoms with Gasteiger partial charge in [-0.15, -0.1) is 0 Å². The zero-order valence-corrected chi connectivity index (χ0v) is 10.6. The van der Waals surface area contributed by atoms with E-state index in [0.29, 0.717) is 11.5 Å². The van der Waals surface area contributed by atoms with Crippen LogP contribution in [0.5, 0.6) is 0 Å². The van der Waals surface area contributed by atoms with E-state index in [1.807, 2.05) is 0 Å². The third-order valence-electron chi connectivity index (χ3n) is 3.48. The number of carbonyl (C=O) groups excluding carboxylic acids is 1. The van der Waals surface area contributed by atoms with Crippen molar-refractivity contribution in [2.45, 2.75) is 25.8 Å². The van der Waals surface area contributed by atoms with Gasteiger partial charge >= 0.3 is 0 Å². The molecule has 1 saturated heterocycles. The lowest BCUT2D eigenvalue weighted by Crippen LogP contribution is -2.50. The molecule has 0 bridgehead atoms. The van der Waals surface area contributed by atoms with Gasteiger partial charge < -0.3 is 10.6 Å². The van der Waals surface area contributed by atoms with E-state index in [0.717, 1.165) is 19.5 Å². The van der Waals surface area contributed by atoms with Gasteiger partial charge in [0.15, 0.2) is 0 Å². The Morgan fingerprint density at radius 3 is 3.00 bits per heavy atom. The second kappa shape index (κ2) is 5.96. The van der Waals surface area contributed by atoms with Crippen LogP contribution in [-0.4, -0.2) is 25.0 Å². The second-order valence-corrected chi connectivity index (χ2v) is 4.91. The number of halogens is 1. The summed E-state index contributed by atoms with van der Waals surface area (Å²) in [5.74, 6) is 0.0407. The van der Waals surface area contributed by atoms with Crippen molar-refractivity contribution in [1.82, 2.24) is 10.6 Å². The maximum Gasteiger partial charge on any atom is 0.224 e. The van der Waals surface area contributed by atoms with E-state index < -0.39 is 0 Å². The first-order valence-corrected chi connectivity index (χ1v) is 6.40. The molecule has 1 amide bonds. The molecule has 4 heteroatoms. The summed E-state index contributed by atoms with van der Waals surface area (Å²) < 4.78 is 13.4. The highest BCUT2D eigenvalue weighted by Crippen LogP contribution is 2.12. The number of benzene rings is 1. The smallest absolute Gasteiger partial charge is 0.224 e. The number of nitrogens with one attached hydrogen (secondary N) is 2. The fourth-order valence-corrected chi connectivity index (χ4v) is 2.26. The molecule has 98 valence electrons. The Balaban J connectivity index is 1.90. The van der Waals surface area contributed by atoms with E-state index in [9.17, 15) is 9.18 Å². The minimum absolute atomic E-state index is 0.107. The van der Waals surface area contributed by atoms with Crippen LogP contribution in [0.2, 0.25) is 0 Å². The minimum atomic E-state index is -0.317. The van der Waals surface area contributed by atoms with Crippen LogP contribution in [0.15, 0.2) is 24.3 Å². The van der Waals surface area contributed by atoms with Crippen molar-refractivity contribution in [3.05, 3.63) is 35.6 Å². The highest BCUT2D eigenvalue weighted by Gasteiger charge is 2.22. The van der Waals surface area contributed by atoms with Crippen molar-refractivity contribution >= 4 is 5.91 Å². The van der Waals surface area contributed by atoms with Crippen LogP contribution in [0, 0.1) is 11.7 Å². The molecule has 1 heterocycles. The maximum absolute atomic E-state index is 13.4. The van der Waals surface area contributed by atoms with Crippen LogP contribution >= 0.6 is 0 Å². The molecule has 2 N–H and O–H groups in total. The molecule has 0 unspecified atom stereocenters. The Morgan fingerprint density at radius 2 is 2.28 bits per heavy atom. The largest absolute Gasteiger partial charge is 0.352 e. The summed E-state index contributed by atoms with van der Waals surface area (Å²) in [6.07, 6.45) is 1.17. The van der Waals surface area contributed by atoms with E-state index in [1.54, 1.807) is 18.2 Å². The molecular formula is C14H19FN2O. The molecular weight excluding hydrogens is 231 g/mol. The predicted octanol–water partition coefficient (Wildman–Crippen LogP) is 1.48. The third kappa shape index (κ3) is 3.29. The number of piperidine rings is 1. The SMILES string of the molecule is C[C@@H]1CCNC[C@@H]1NC(=O)Cc1ccccc1F. The summed E-state index contributed by atoms with van der Waals surface area (Å²) in [6.45, 7) is 3.93. The first-order valence-electron chi connectivity index (χ1n) is 6.40. The van der Waals surface area contributed by atoms with E-state index in [-0.39, 0.29) is 24.2 Å². The molecule has 0 aliphatic carbocycles. The molecule has 1 aromatic rings. The summed E-state index contributed by atoms with van der Waals surface area (Å²) in [6, 6.07) is 6.56. The van der Waals surface area contributed by atoms with E-state index >= 15 is 0 Å². The van der Waals surface area contributed by atoms with Gasteiger partial charge in [-0.2, -0.15) is 0 Å². The van der Waals surface area contributed by atoms with Crippen LogP contribution in [0.3, 0.4) is 0 Å². The van der Waals surface area contributed by atoms with Crippen LogP contribution in [0.4, 0.5) is 4.39 Å². The van der Waals surface area contributed by atoms with Crippen molar-refractivity contribution in [3.63, 3.8) is 0 Å². The van der Waals surface area contributed by atoms with Gasteiger partial charge in [-0.05, 0) is 30.5 Å². The topological polar surface area (TPSA) is 41.1 Å². The Morgan fingerprint density at radius 1 is 1.50 bits per heavy atom. The van der Waals surface area contributed by atoms with E-state index in [1.165, 1.54) is 6.07 Å². The number of hydrogen-bond acceptors (Lipinski definition) is 2. The molecule has 2 atom stereocenters. The van der Waals surface area contributed by atoms with Gasteiger partial charge in [-0.3, -0.25) is 4.79 Å². The molecule has 3 nitrogen and oxygen atoms in total. The molecule has 1 aliphatic rings. The van der Waals surface area contributed by atoms with Crippen molar-refractivity contribution in [2.24, 2.45) is 5.92 Å². The highest BCUT2D eigenvalue weighted by atomic mass is 19.1. The average Bonchev–Trinajstić information content (AvgIpc) is 2.35. The lowest BCUT2D eigenvalue weighted by molar-refractivity contribution is -0.121. The van der Waals surface area contributed by atoms with Gasteiger partial charge in [0.1, 0.15) is 5.82 Å². The Labute approximate surface area is 107 Å². The number of rotatable bonds is 3. The molecule has 0 aromatic heterocycles. The average molecular weight is 250 g/mol. The first kappa shape index (κ1) is 13.0. The van der Waals surface area contributed by atoms with Crippen molar-refractivity contribution in [3.8, 4) is 0 Å². The summed E-state index contributed by atoms with van der Waals surface area (Å²) >= 11 is 0. The van der Waals surface area contributed by atoms with Crippen LogP contribution in [0.1, 0.15) is 18.9 Å². The van der Waals surface area contributed by atoms with Gasteiger partial charge in [0, 0.05) is 12.6 Å². The lowest BCUT2D eigenvalue weighted by Gasteiger charge is -2.30. The second-order valence-electron chi connectivity index (χ2n) is 4.91. The van der Waals surface area contributed by atoms with Gasteiger partial charge in [0.05, 0.1) is 6.42 Å². The third-order valence-corrected chi connectivity index (χ3v) is 3.48. The molecule has 1 aromatic carbocycles. The predicted molar refractivity (Wildman–Crippen MR) is 68.7 cm³/mol. The maximum atomic E-state index is 13.4. The van der Waals surface area contributed by atoms with Gasteiger partial charge in [0.25, 0.3) is 0 Å². The Kier molecular flexibility index (Phi) is 4.31. The zero-order valence-electron chi connectivity index (χ0n) is 10.6. The molecule has 1 aliphatic heterocycles. The molecule has 0 saturated carbocycles. The van der Waals surface area contributed by atoms with Crippen LogP contribution < -0.4 is 10.6 Å². The fourth-order valence-electron chi connectivity index (χ4n) is 2.26. The monoisotopic (exact) mass is 250 g/mol. The van der Waals surface area contributed by atoms with Crippen molar-refractivity contribution in [1.29, 1.82) is 0 Å². The van der Waals surface area contributed by atoms with Crippen LogP contribution in [0.25, 0.3) is 0 Å². The normalized spacial score (nSPS) is 23.7. The summed E-state index contributed by atoms with van der Waals surface area (Å²) in [4.78, 5) is 11.9. The van der Waals surface area contributed by atoms with Crippen molar-refractivity contribution in [2.75, 3.05) is 13.1 Å². The Hall–Kier alpha value is -1.42. The zero-order chi connectivity index (χ0) is 13.0. The van der Waals surface area contributed by atoms with Crippen molar-refractivity contribution < 1.29 is 9.18 Å². The molecule has 2 rings (SSSR count). The van der Waals surface area contributed by atoms with E-state index in [2.05, 4.69) is 17.6 Å². The minimum Gasteiger partial charge on any atom is -0.352 e. The molecule has 0 radical (unpaired) electrons. The standard InChI is InChI=1S/C14H19FN2O/c1-10-6-7-16-9-13(10)17-14(18)8-11-4-2-3-5-12(11)15/h2-5,10,13,16H,6-9H2,1H3,(H,17,18)/t10-,13+/m1/s1. The van der Waals surface area contributed by atoms with Crippen LogP contribution in [-0.2, 0) is 11.2 Å². The summed E-state index contributed by atoms with van der Waals surface area (Å²) in [5, 5.41) is 6.23. The quantitative estimate of drug-likeness (QED) is 0.853. The summed E-state index contributed by atoms with van der Waals surface area (Å²) in [7, 11) is 0. The van der Waals surface area contributed by atoms with Gasteiger partial charge in [0.2, 0.25) is 5.91 Å². The fraction of sp³-hybridized carbons (Fsp3) is 0.500. The molecule has 0 spiro atoms. The van der Waals surface area contributed by atoms with Gasteiger partial charge in [-0.1, -0.05) is 25.1 Å². The number of carbonyl (C=O) groups is 1. The highest BCUT2D eigenvalue weighted by molar-refractivity contribution is 5.79.